The Hall–Kier alpha value is -1.81. The van der Waals surface area contributed by atoms with Gasteiger partial charge in [0.15, 0.2) is 0 Å². The summed E-state index contributed by atoms with van der Waals surface area (Å²) in [5.41, 5.74) is 1.08. The van der Waals surface area contributed by atoms with Crippen molar-refractivity contribution >= 4 is 17.6 Å². The van der Waals surface area contributed by atoms with E-state index in [2.05, 4.69) is 10.2 Å². The van der Waals surface area contributed by atoms with Crippen LogP contribution in [-0.2, 0) is 0 Å². The van der Waals surface area contributed by atoms with E-state index in [1.807, 2.05) is 18.2 Å². The van der Waals surface area contributed by atoms with Gasteiger partial charge in [0.25, 0.3) is 0 Å². The van der Waals surface area contributed by atoms with Gasteiger partial charge < -0.3 is 5.11 Å². The highest BCUT2D eigenvalue weighted by molar-refractivity contribution is 6.33. The van der Waals surface area contributed by atoms with Crippen LogP contribution in [0.4, 0.5) is 0 Å². The Kier molecular flexibility index (Phi) is 2.43. The number of halogens is 1. The zero-order chi connectivity index (χ0) is 10.8. The standard InChI is InChI=1S/C10H7ClN2O2/c11-9-7(10(14)15)8(12-13-9)6-4-2-1-3-5-6/h1-5H,(H,12,13)(H,14,15). The van der Waals surface area contributed by atoms with E-state index in [1.54, 1.807) is 12.1 Å². The maximum Gasteiger partial charge on any atom is 0.341 e. The van der Waals surface area contributed by atoms with E-state index < -0.39 is 5.97 Å². The van der Waals surface area contributed by atoms with Crippen LogP contribution in [0.1, 0.15) is 10.4 Å². The number of rotatable bonds is 2. The molecule has 1 aromatic heterocycles. The minimum atomic E-state index is -1.09. The second-order valence-electron chi connectivity index (χ2n) is 2.93. The lowest BCUT2D eigenvalue weighted by molar-refractivity contribution is 0.0698. The summed E-state index contributed by atoms with van der Waals surface area (Å²) in [6.45, 7) is 0. The number of aromatic nitrogens is 2. The topological polar surface area (TPSA) is 66.0 Å². The first-order chi connectivity index (χ1) is 7.20. The summed E-state index contributed by atoms with van der Waals surface area (Å²) in [6, 6.07) is 9.02. The van der Waals surface area contributed by atoms with Crippen LogP contribution < -0.4 is 0 Å². The molecule has 0 spiro atoms. The van der Waals surface area contributed by atoms with Gasteiger partial charge in [-0.15, -0.1) is 0 Å². The van der Waals surface area contributed by atoms with Crippen LogP contribution in [0, 0.1) is 0 Å². The Balaban J connectivity index is 2.59. The van der Waals surface area contributed by atoms with E-state index in [0.717, 1.165) is 5.56 Å². The minimum Gasteiger partial charge on any atom is -0.478 e. The molecule has 0 saturated carbocycles. The van der Waals surface area contributed by atoms with Crippen molar-refractivity contribution in [1.82, 2.24) is 10.2 Å². The van der Waals surface area contributed by atoms with Gasteiger partial charge in [0.1, 0.15) is 16.4 Å². The molecule has 0 aliphatic heterocycles. The molecule has 0 unspecified atom stereocenters. The molecule has 4 nitrogen and oxygen atoms in total. The maximum absolute atomic E-state index is 10.9. The minimum absolute atomic E-state index is 0.00265. The number of nitrogens with zero attached hydrogens (tertiary/aromatic N) is 1. The van der Waals surface area contributed by atoms with Gasteiger partial charge in [-0.2, -0.15) is 5.10 Å². The molecular formula is C10H7ClN2O2. The highest BCUT2D eigenvalue weighted by Gasteiger charge is 2.19. The molecule has 1 heterocycles. The first-order valence-corrected chi connectivity index (χ1v) is 4.60. The normalized spacial score (nSPS) is 10.2. The Morgan fingerprint density at radius 2 is 2.00 bits per heavy atom. The summed E-state index contributed by atoms with van der Waals surface area (Å²) >= 11 is 5.69. The summed E-state index contributed by atoms with van der Waals surface area (Å²) in [4.78, 5) is 10.9. The molecule has 0 radical (unpaired) electrons. The molecule has 0 fully saturated rings. The van der Waals surface area contributed by atoms with Gasteiger partial charge >= 0.3 is 5.97 Å². The fourth-order valence-electron chi connectivity index (χ4n) is 1.32. The molecule has 0 amide bonds. The van der Waals surface area contributed by atoms with Crippen molar-refractivity contribution in [2.45, 2.75) is 0 Å². The van der Waals surface area contributed by atoms with Crippen molar-refractivity contribution in [3.05, 3.63) is 41.0 Å². The molecule has 2 aromatic rings. The number of nitrogens with one attached hydrogen (secondary N) is 1. The van der Waals surface area contributed by atoms with Crippen LogP contribution in [0.25, 0.3) is 11.3 Å². The van der Waals surface area contributed by atoms with Crippen LogP contribution >= 0.6 is 11.6 Å². The second kappa shape index (κ2) is 3.74. The Bertz CT molecular complexity index is 493. The number of aromatic amines is 1. The number of carboxylic acids is 1. The summed E-state index contributed by atoms with van der Waals surface area (Å²) in [6.07, 6.45) is 0. The molecule has 1 aromatic carbocycles. The third-order valence-corrected chi connectivity index (χ3v) is 2.26. The zero-order valence-corrected chi connectivity index (χ0v) is 8.32. The van der Waals surface area contributed by atoms with E-state index >= 15 is 0 Å². The van der Waals surface area contributed by atoms with Crippen molar-refractivity contribution < 1.29 is 9.90 Å². The lowest BCUT2D eigenvalue weighted by Gasteiger charge is -1.97. The largest absolute Gasteiger partial charge is 0.478 e. The SMILES string of the molecule is O=C(O)c1c(-c2ccccc2)n[nH]c1Cl. The van der Waals surface area contributed by atoms with Crippen molar-refractivity contribution in [1.29, 1.82) is 0 Å². The molecule has 15 heavy (non-hydrogen) atoms. The van der Waals surface area contributed by atoms with Crippen molar-refractivity contribution in [3.63, 3.8) is 0 Å². The summed E-state index contributed by atoms with van der Waals surface area (Å²) < 4.78 is 0. The third-order valence-electron chi connectivity index (χ3n) is 1.98. The Morgan fingerprint density at radius 1 is 1.33 bits per heavy atom. The van der Waals surface area contributed by atoms with E-state index in [1.165, 1.54) is 0 Å². The van der Waals surface area contributed by atoms with Gasteiger partial charge in [-0.05, 0) is 0 Å². The number of carbonyl (C=O) groups is 1. The smallest absolute Gasteiger partial charge is 0.341 e. The number of hydrogen-bond donors (Lipinski definition) is 2. The van der Waals surface area contributed by atoms with Crippen LogP contribution in [0.2, 0.25) is 5.15 Å². The molecule has 76 valence electrons. The molecule has 0 bridgehead atoms. The van der Waals surface area contributed by atoms with Crippen molar-refractivity contribution in [2.75, 3.05) is 0 Å². The van der Waals surface area contributed by atoms with Crippen molar-refractivity contribution in [2.24, 2.45) is 0 Å². The van der Waals surface area contributed by atoms with Gasteiger partial charge in [0.05, 0.1) is 0 Å². The molecule has 0 saturated heterocycles. The summed E-state index contributed by atoms with van der Waals surface area (Å²) in [7, 11) is 0. The van der Waals surface area contributed by atoms with Crippen LogP contribution in [0.15, 0.2) is 30.3 Å². The molecule has 0 aliphatic rings. The number of carboxylic acid groups (broad SMARTS) is 1. The first kappa shape index (κ1) is 9.73. The second-order valence-corrected chi connectivity index (χ2v) is 3.31. The van der Waals surface area contributed by atoms with Crippen LogP contribution in [0.5, 0.6) is 0 Å². The van der Waals surface area contributed by atoms with Gasteiger partial charge in [-0.3, -0.25) is 5.10 Å². The fourth-order valence-corrected chi connectivity index (χ4v) is 1.53. The predicted octanol–water partition coefficient (Wildman–Crippen LogP) is 2.43. The van der Waals surface area contributed by atoms with E-state index in [0.29, 0.717) is 5.69 Å². The molecule has 0 atom stereocenters. The highest BCUT2D eigenvalue weighted by atomic mass is 35.5. The molecular weight excluding hydrogens is 216 g/mol. The molecule has 2 N–H and O–H groups in total. The van der Waals surface area contributed by atoms with Gasteiger partial charge in [-0.25, -0.2) is 4.79 Å². The number of benzene rings is 1. The summed E-state index contributed by atoms with van der Waals surface area (Å²) in [5, 5.41) is 15.3. The lowest BCUT2D eigenvalue weighted by atomic mass is 10.1. The fraction of sp³-hybridized carbons (Fsp3) is 0. The maximum atomic E-state index is 10.9. The summed E-state index contributed by atoms with van der Waals surface area (Å²) in [5.74, 6) is -1.09. The number of H-pyrrole nitrogens is 1. The van der Waals surface area contributed by atoms with Crippen LogP contribution in [-0.4, -0.2) is 21.3 Å². The molecule has 5 heteroatoms. The van der Waals surface area contributed by atoms with Gasteiger partial charge in [0.2, 0.25) is 0 Å². The van der Waals surface area contributed by atoms with E-state index in [9.17, 15) is 4.79 Å². The number of hydrogen-bond acceptors (Lipinski definition) is 2. The number of aromatic carboxylic acids is 1. The third kappa shape index (κ3) is 1.71. The van der Waals surface area contributed by atoms with Crippen molar-refractivity contribution in [3.8, 4) is 11.3 Å². The van der Waals surface area contributed by atoms with E-state index in [4.69, 9.17) is 16.7 Å². The predicted molar refractivity (Wildman–Crippen MR) is 56.0 cm³/mol. The average Bonchev–Trinajstić information content (AvgIpc) is 2.61. The Morgan fingerprint density at radius 3 is 2.60 bits per heavy atom. The van der Waals surface area contributed by atoms with Crippen LogP contribution in [0.3, 0.4) is 0 Å². The Labute approximate surface area is 90.5 Å². The lowest BCUT2D eigenvalue weighted by Crippen LogP contribution is -1.97. The monoisotopic (exact) mass is 222 g/mol. The average molecular weight is 223 g/mol. The molecule has 2 rings (SSSR count). The first-order valence-electron chi connectivity index (χ1n) is 4.22. The van der Waals surface area contributed by atoms with Gasteiger partial charge in [0, 0.05) is 5.56 Å². The quantitative estimate of drug-likeness (QED) is 0.820. The van der Waals surface area contributed by atoms with Gasteiger partial charge in [-0.1, -0.05) is 41.9 Å². The van der Waals surface area contributed by atoms with E-state index in [-0.39, 0.29) is 10.7 Å². The zero-order valence-electron chi connectivity index (χ0n) is 7.57. The highest BCUT2D eigenvalue weighted by Crippen LogP contribution is 2.26. The molecule has 0 aliphatic carbocycles.